The monoisotopic (exact) mass is 550 g/mol. The van der Waals surface area contributed by atoms with Gasteiger partial charge in [-0.05, 0) is 44.2 Å². The highest BCUT2D eigenvalue weighted by atomic mass is 127. The summed E-state index contributed by atoms with van der Waals surface area (Å²) in [5.41, 5.74) is 0. The Kier molecular flexibility index (Phi) is 10.3. The van der Waals surface area contributed by atoms with Crippen molar-refractivity contribution in [3.63, 3.8) is 0 Å². The molecular formula is C21H35IN4O3S. The van der Waals surface area contributed by atoms with Crippen LogP contribution in [0.25, 0.3) is 0 Å². The molecule has 2 heterocycles. The number of rotatable bonds is 7. The van der Waals surface area contributed by atoms with Gasteiger partial charge in [-0.2, -0.15) is 4.31 Å². The number of sulfonamides is 1. The molecule has 0 amide bonds. The number of hydrogen-bond donors (Lipinski definition) is 1. The number of hydrogen-bond acceptors (Lipinski definition) is 4. The Bertz CT molecular complexity index is 762. The van der Waals surface area contributed by atoms with Crippen molar-refractivity contribution in [1.29, 1.82) is 0 Å². The minimum absolute atomic E-state index is 0. The zero-order valence-corrected chi connectivity index (χ0v) is 21.1. The number of piperidine rings is 1. The summed E-state index contributed by atoms with van der Waals surface area (Å²) < 4.78 is 32.6. The molecule has 0 saturated carbocycles. The van der Waals surface area contributed by atoms with Crippen LogP contribution in [0.4, 0.5) is 0 Å². The summed E-state index contributed by atoms with van der Waals surface area (Å²) in [6.45, 7) is 7.39. The molecule has 1 unspecified atom stereocenters. The number of benzene rings is 1. The Hall–Kier alpha value is -0.910. The molecule has 2 aliphatic rings. The molecule has 0 bridgehead atoms. The fourth-order valence-electron chi connectivity index (χ4n) is 3.96. The Labute approximate surface area is 198 Å². The van der Waals surface area contributed by atoms with Gasteiger partial charge in [-0.1, -0.05) is 18.2 Å². The molecule has 1 N–H and O–H groups in total. The van der Waals surface area contributed by atoms with Gasteiger partial charge in [-0.3, -0.25) is 4.99 Å². The summed E-state index contributed by atoms with van der Waals surface area (Å²) >= 11 is 0. The van der Waals surface area contributed by atoms with E-state index in [1.165, 1.54) is 0 Å². The third-order valence-electron chi connectivity index (χ3n) is 5.71. The van der Waals surface area contributed by atoms with Crippen molar-refractivity contribution in [3.8, 4) is 0 Å². The smallest absolute Gasteiger partial charge is 0.243 e. The van der Waals surface area contributed by atoms with Gasteiger partial charge in [0.25, 0.3) is 0 Å². The van der Waals surface area contributed by atoms with Crippen molar-refractivity contribution < 1.29 is 13.2 Å². The van der Waals surface area contributed by atoms with Crippen LogP contribution in [0.2, 0.25) is 0 Å². The number of nitrogens with zero attached hydrogens (tertiary/aromatic N) is 3. The van der Waals surface area contributed by atoms with Crippen LogP contribution < -0.4 is 5.32 Å². The van der Waals surface area contributed by atoms with Gasteiger partial charge < -0.3 is 15.0 Å². The molecule has 7 nitrogen and oxygen atoms in total. The third-order valence-corrected chi connectivity index (χ3v) is 7.62. The molecule has 1 aromatic rings. The summed E-state index contributed by atoms with van der Waals surface area (Å²) in [4.78, 5) is 7.42. The lowest BCUT2D eigenvalue weighted by atomic mass is 9.98. The van der Waals surface area contributed by atoms with Crippen molar-refractivity contribution >= 4 is 40.0 Å². The van der Waals surface area contributed by atoms with E-state index in [9.17, 15) is 8.42 Å². The third kappa shape index (κ3) is 6.80. The Morgan fingerprint density at radius 1 is 1.20 bits per heavy atom. The van der Waals surface area contributed by atoms with Crippen molar-refractivity contribution in [2.75, 3.05) is 53.0 Å². The summed E-state index contributed by atoms with van der Waals surface area (Å²) in [5, 5.41) is 3.38. The van der Waals surface area contributed by atoms with E-state index in [0.29, 0.717) is 29.8 Å². The van der Waals surface area contributed by atoms with Gasteiger partial charge in [-0.15, -0.1) is 24.0 Å². The van der Waals surface area contributed by atoms with Crippen LogP contribution in [0.5, 0.6) is 0 Å². The molecule has 170 valence electrons. The van der Waals surface area contributed by atoms with Crippen LogP contribution in [0.15, 0.2) is 40.2 Å². The molecular weight excluding hydrogens is 515 g/mol. The Morgan fingerprint density at radius 3 is 2.50 bits per heavy atom. The Morgan fingerprint density at radius 2 is 1.90 bits per heavy atom. The standard InChI is InChI=1S/C21H34N4O3S.HI/c1-3-22-21(24(2)16-19-11-14-28-17-19)23-15-18-9-12-25(13-10-18)29(26,27)20-7-5-4-6-8-20;/h4-8,18-19H,3,9-17H2,1-2H3,(H,22,23);1H. The maximum absolute atomic E-state index is 12.8. The minimum Gasteiger partial charge on any atom is -0.381 e. The summed E-state index contributed by atoms with van der Waals surface area (Å²) in [7, 11) is -1.31. The minimum atomic E-state index is -3.39. The van der Waals surface area contributed by atoms with E-state index in [1.54, 1.807) is 28.6 Å². The van der Waals surface area contributed by atoms with Crippen LogP contribution in [0.1, 0.15) is 26.2 Å². The van der Waals surface area contributed by atoms with E-state index in [1.807, 2.05) is 6.07 Å². The summed E-state index contributed by atoms with van der Waals surface area (Å²) in [5.74, 6) is 1.91. The van der Waals surface area contributed by atoms with E-state index in [2.05, 4.69) is 24.2 Å². The van der Waals surface area contributed by atoms with Crippen molar-refractivity contribution in [3.05, 3.63) is 30.3 Å². The molecule has 0 spiro atoms. The van der Waals surface area contributed by atoms with Crippen LogP contribution in [0, 0.1) is 11.8 Å². The van der Waals surface area contributed by atoms with E-state index in [-0.39, 0.29) is 24.0 Å². The van der Waals surface area contributed by atoms with Crippen molar-refractivity contribution in [2.45, 2.75) is 31.1 Å². The molecule has 1 atom stereocenters. The number of nitrogens with one attached hydrogen (secondary N) is 1. The van der Waals surface area contributed by atoms with E-state index < -0.39 is 10.0 Å². The molecule has 2 fully saturated rings. The fourth-order valence-corrected chi connectivity index (χ4v) is 5.45. The second kappa shape index (κ2) is 12.2. The first-order valence-corrected chi connectivity index (χ1v) is 12.1. The zero-order valence-electron chi connectivity index (χ0n) is 18.0. The molecule has 1 aromatic carbocycles. The first-order valence-electron chi connectivity index (χ1n) is 10.6. The predicted octanol–water partition coefficient (Wildman–Crippen LogP) is 2.64. The van der Waals surface area contributed by atoms with Crippen LogP contribution in [0.3, 0.4) is 0 Å². The molecule has 2 aliphatic heterocycles. The van der Waals surface area contributed by atoms with Crippen molar-refractivity contribution in [2.24, 2.45) is 16.8 Å². The molecule has 0 aliphatic carbocycles. The fraction of sp³-hybridized carbons (Fsp3) is 0.667. The average Bonchev–Trinajstić information content (AvgIpc) is 3.25. The number of aliphatic imine (C=N–C) groups is 1. The first kappa shape index (κ1) is 25.4. The molecule has 3 rings (SSSR count). The molecule has 9 heteroatoms. The van der Waals surface area contributed by atoms with E-state index >= 15 is 0 Å². The highest BCUT2D eigenvalue weighted by molar-refractivity contribution is 14.0. The van der Waals surface area contributed by atoms with Gasteiger partial charge in [0.2, 0.25) is 10.0 Å². The van der Waals surface area contributed by atoms with E-state index in [0.717, 1.165) is 58.1 Å². The Balaban J connectivity index is 0.00000320. The van der Waals surface area contributed by atoms with Crippen LogP contribution >= 0.6 is 24.0 Å². The SMILES string of the molecule is CCNC(=NCC1CCN(S(=O)(=O)c2ccccc2)CC1)N(C)CC1CCOC1.I. The molecule has 0 radical (unpaired) electrons. The van der Waals surface area contributed by atoms with Gasteiger partial charge in [0.1, 0.15) is 0 Å². The lowest BCUT2D eigenvalue weighted by Gasteiger charge is -2.31. The van der Waals surface area contributed by atoms with Gasteiger partial charge >= 0.3 is 0 Å². The maximum atomic E-state index is 12.8. The topological polar surface area (TPSA) is 74.2 Å². The maximum Gasteiger partial charge on any atom is 0.243 e. The largest absolute Gasteiger partial charge is 0.381 e. The van der Waals surface area contributed by atoms with Gasteiger partial charge in [0.05, 0.1) is 11.5 Å². The highest BCUT2D eigenvalue weighted by Crippen LogP contribution is 2.24. The van der Waals surface area contributed by atoms with Gasteiger partial charge in [-0.25, -0.2) is 8.42 Å². The van der Waals surface area contributed by atoms with E-state index in [4.69, 9.17) is 9.73 Å². The average molecular weight is 551 g/mol. The van der Waals surface area contributed by atoms with Gasteiger partial charge in [0, 0.05) is 52.3 Å². The normalized spacial score (nSPS) is 21.3. The predicted molar refractivity (Wildman–Crippen MR) is 131 cm³/mol. The number of guanidine groups is 1. The van der Waals surface area contributed by atoms with Crippen molar-refractivity contribution in [1.82, 2.24) is 14.5 Å². The lowest BCUT2D eigenvalue weighted by Crippen LogP contribution is -2.42. The summed E-state index contributed by atoms with van der Waals surface area (Å²) in [6.07, 6.45) is 2.79. The summed E-state index contributed by atoms with van der Waals surface area (Å²) in [6, 6.07) is 8.71. The zero-order chi connectivity index (χ0) is 20.7. The molecule has 0 aromatic heterocycles. The van der Waals surface area contributed by atoms with Gasteiger partial charge in [0.15, 0.2) is 5.96 Å². The second-order valence-corrected chi connectivity index (χ2v) is 9.90. The lowest BCUT2D eigenvalue weighted by molar-refractivity contribution is 0.181. The number of ether oxygens (including phenoxy) is 1. The molecule has 2 saturated heterocycles. The second-order valence-electron chi connectivity index (χ2n) is 7.97. The van der Waals surface area contributed by atoms with Crippen LogP contribution in [-0.4, -0.2) is 76.6 Å². The van der Waals surface area contributed by atoms with Crippen LogP contribution in [-0.2, 0) is 14.8 Å². The first-order chi connectivity index (χ1) is 14.0. The quantitative estimate of drug-likeness (QED) is 0.321. The number of halogens is 1. The highest BCUT2D eigenvalue weighted by Gasteiger charge is 2.29. The molecule has 30 heavy (non-hydrogen) atoms.